The molecule has 5 nitrogen and oxygen atoms in total. The Bertz CT molecular complexity index is 804. The highest BCUT2D eigenvalue weighted by molar-refractivity contribution is 7.97. The molecule has 0 radical (unpaired) electrons. The van der Waals surface area contributed by atoms with Gasteiger partial charge in [0.25, 0.3) is 5.91 Å². The fourth-order valence-electron chi connectivity index (χ4n) is 3.08. The third-order valence-corrected chi connectivity index (χ3v) is 5.92. The van der Waals surface area contributed by atoms with Crippen molar-refractivity contribution in [1.82, 2.24) is 9.62 Å². The zero-order valence-electron chi connectivity index (χ0n) is 17.0. The maximum absolute atomic E-state index is 13.0. The first-order chi connectivity index (χ1) is 13.9. The molecule has 0 saturated carbocycles. The average molecular weight is 419 g/mol. The number of nitrogens with zero attached hydrogens (tertiary/aromatic N) is 1. The van der Waals surface area contributed by atoms with Gasteiger partial charge in [0, 0.05) is 24.0 Å². The number of piperidine rings is 1. The molecule has 29 heavy (non-hydrogen) atoms. The molecule has 156 valence electrons. The van der Waals surface area contributed by atoms with Gasteiger partial charge in [-0.2, -0.15) is 0 Å². The quantitative estimate of drug-likeness (QED) is 0.680. The number of halogens is 1. The number of nitrogens with one attached hydrogen (secondary N) is 1. The Labute approximate surface area is 175 Å². The molecule has 2 aromatic rings. The van der Waals surface area contributed by atoms with E-state index in [1.165, 1.54) is 29.2 Å². The van der Waals surface area contributed by atoms with E-state index in [0.29, 0.717) is 5.75 Å². The van der Waals surface area contributed by atoms with E-state index in [-0.39, 0.29) is 17.8 Å². The lowest BCUT2D eigenvalue weighted by atomic mass is 10.0. The van der Waals surface area contributed by atoms with Crippen molar-refractivity contribution >= 4 is 17.9 Å². The van der Waals surface area contributed by atoms with Gasteiger partial charge in [-0.15, -0.1) is 0 Å². The summed E-state index contributed by atoms with van der Waals surface area (Å²) < 4.78 is 26.3. The first-order valence-corrected chi connectivity index (χ1v) is 10.5. The van der Waals surface area contributed by atoms with Crippen LogP contribution >= 0.6 is 11.9 Å². The maximum atomic E-state index is 13.0. The fraction of sp³-hybridized carbons (Fsp3) is 0.409. The van der Waals surface area contributed by atoms with Crippen molar-refractivity contribution in [3.8, 4) is 11.5 Å². The van der Waals surface area contributed by atoms with Crippen LogP contribution in [0.5, 0.6) is 11.5 Å². The van der Waals surface area contributed by atoms with Gasteiger partial charge in [0.05, 0.1) is 7.11 Å². The van der Waals surface area contributed by atoms with E-state index in [0.717, 1.165) is 31.7 Å². The van der Waals surface area contributed by atoms with Crippen molar-refractivity contribution in [3.05, 3.63) is 54.3 Å². The van der Waals surface area contributed by atoms with Crippen molar-refractivity contribution in [1.29, 1.82) is 0 Å². The summed E-state index contributed by atoms with van der Waals surface area (Å²) in [7, 11) is 1.66. The first kappa shape index (κ1) is 21.5. The van der Waals surface area contributed by atoms with Crippen molar-refractivity contribution in [2.24, 2.45) is 0 Å². The molecule has 0 aliphatic carbocycles. The van der Waals surface area contributed by atoms with E-state index in [9.17, 15) is 9.18 Å². The van der Waals surface area contributed by atoms with Gasteiger partial charge in [-0.25, -0.2) is 8.70 Å². The highest BCUT2D eigenvalue weighted by Crippen LogP contribution is 2.28. The van der Waals surface area contributed by atoms with Crippen LogP contribution in [0.4, 0.5) is 4.39 Å². The molecule has 1 aliphatic heterocycles. The van der Waals surface area contributed by atoms with E-state index < -0.39 is 5.60 Å². The lowest BCUT2D eigenvalue weighted by Gasteiger charge is -2.33. The summed E-state index contributed by atoms with van der Waals surface area (Å²) in [5.74, 6) is 0.820. The van der Waals surface area contributed by atoms with Crippen LogP contribution in [0.3, 0.4) is 0 Å². The minimum Gasteiger partial charge on any atom is -0.497 e. The number of carbonyl (C=O) groups is 1. The van der Waals surface area contributed by atoms with Crippen molar-refractivity contribution in [2.75, 3.05) is 20.2 Å². The van der Waals surface area contributed by atoms with Crippen LogP contribution < -0.4 is 14.8 Å². The topological polar surface area (TPSA) is 50.8 Å². The summed E-state index contributed by atoms with van der Waals surface area (Å²) in [6.07, 6.45) is 1.75. The van der Waals surface area contributed by atoms with Crippen LogP contribution in [0.25, 0.3) is 0 Å². The predicted molar refractivity (Wildman–Crippen MR) is 113 cm³/mol. The monoisotopic (exact) mass is 418 g/mol. The zero-order chi connectivity index (χ0) is 20.9. The lowest BCUT2D eigenvalue weighted by molar-refractivity contribution is -0.135. The minimum absolute atomic E-state index is 0.117. The zero-order valence-corrected chi connectivity index (χ0v) is 17.8. The molecule has 0 unspecified atom stereocenters. The summed E-state index contributed by atoms with van der Waals surface area (Å²) in [5.41, 5.74) is -1.03. The largest absolute Gasteiger partial charge is 0.497 e. The Kier molecular flexibility index (Phi) is 7.03. The summed E-state index contributed by atoms with van der Waals surface area (Å²) in [5, 5.41) is 3.10. The number of hydrogen-bond donors (Lipinski definition) is 1. The Morgan fingerprint density at radius 3 is 2.24 bits per heavy atom. The summed E-state index contributed by atoms with van der Waals surface area (Å²) >= 11 is 1.72. The maximum Gasteiger partial charge on any atom is 0.263 e. The Hall–Kier alpha value is -2.25. The van der Waals surface area contributed by atoms with E-state index in [2.05, 4.69) is 9.62 Å². The van der Waals surface area contributed by atoms with Crippen LogP contribution in [-0.2, 0) is 4.79 Å². The molecular weight excluding hydrogens is 391 g/mol. The second-order valence-corrected chi connectivity index (χ2v) is 8.68. The predicted octanol–water partition coefficient (Wildman–Crippen LogP) is 4.28. The molecule has 0 spiro atoms. The lowest BCUT2D eigenvalue weighted by Crippen LogP contribution is -2.52. The van der Waals surface area contributed by atoms with Crippen molar-refractivity contribution in [3.63, 3.8) is 0 Å². The van der Waals surface area contributed by atoms with Crippen LogP contribution in [0, 0.1) is 5.82 Å². The van der Waals surface area contributed by atoms with Gasteiger partial charge < -0.3 is 14.8 Å². The van der Waals surface area contributed by atoms with Gasteiger partial charge in [-0.05, 0) is 87.2 Å². The molecule has 2 aromatic carbocycles. The van der Waals surface area contributed by atoms with Gasteiger partial charge in [0.15, 0.2) is 5.60 Å². The van der Waals surface area contributed by atoms with Crippen LogP contribution in [-0.4, -0.2) is 42.1 Å². The van der Waals surface area contributed by atoms with Gasteiger partial charge >= 0.3 is 0 Å². The second kappa shape index (κ2) is 9.50. The highest BCUT2D eigenvalue weighted by Gasteiger charge is 2.32. The summed E-state index contributed by atoms with van der Waals surface area (Å²) in [4.78, 5) is 13.9. The van der Waals surface area contributed by atoms with Crippen LogP contribution in [0.1, 0.15) is 26.7 Å². The molecule has 0 atom stereocenters. The number of hydrogen-bond acceptors (Lipinski definition) is 5. The molecule has 0 aromatic heterocycles. The fourth-order valence-corrected chi connectivity index (χ4v) is 4.03. The number of ether oxygens (including phenoxy) is 2. The third-order valence-electron chi connectivity index (χ3n) is 4.82. The molecule has 3 rings (SSSR count). The smallest absolute Gasteiger partial charge is 0.263 e. The van der Waals surface area contributed by atoms with E-state index >= 15 is 0 Å². The molecule has 1 heterocycles. The first-order valence-electron chi connectivity index (χ1n) is 9.68. The summed E-state index contributed by atoms with van der Waals surface area (Å²) in [6, 6.07) is 13.8. The number of amides is 1. The Balaban J connectivity index is 1.46. The van der Waals surface area contributed by atoms with Gasteiger partial charge in [-0.3, -0.25) is 4.79 Å². The molecule has 7 heteroatoms. The van der Waals surface area contributed by atoms with Crippen molar-refractivity contribution in [2.45, 2.75) is 43.2 Å². The van der Waals surface area contributed by atoms with Crippen LogP contribution in [0.15, 0.2) is 53.4 Å². The molecule has 1 N–H and O–H groups in total. The molecular formula is C22H27FN2O3S. The third kappa shape index (κ3) is 6.11. The van der Waals surface area contributed by atoms with Crippen LogP contribution in [0.2, 0.25) is 0 Å². The molecule has 1 saturated heterocycles. The van der Waals surface area contributed by atoms with E-state index in [4.69, 9.17) is 9.47 Å². The molecule has 1 aliphatic rings. The molecule has 1 amide bonds. The standard InChI is InChI=1S/C22H27FN2O3S/c1-22(2,28-19-6-4-16(23)5-7-19)21(26)24-17-12-14-25(15-13-17)29-20-10-8-18(27-3)9-11-20/h4-11,17H,12-15H2,1-3H3,(H,24,26). The van der Waals surface area contributed by atoms with Crippen molar-refractivity contribution < 1.29 is 18.7 Å². The number of methoxy groups -OCH3 is 1. The number of benzene rings is 2. The van der Waals surface area contributed by atoms with Gasteiger partial charge in [0.2, 0.25) is 0 Å². The van der Waals surface area contributed by atoms with Gasteiger partial charge in [0.1, 0.15) is 17.3 Å². The molecule has 0 bridgehead atoms. The van der Waals surface area contributed by atoms with Gasteiger partial charge in [-0.1, -0.05) is 0 Å². The molecule has 1 fully saturated rings. The number of rotatable bonds is 7. The Morgan fingerprint density at radius 2 is 1.66 bits per heavy atom. The normalized spacial score (nSPS) is 15.7. The SMILES string of the molecule is COc1ccc(SN2CCC(NC(=O)C(C)(C)Oc3ccc(F)cc3)CC2)cc1. The second-order valence-electron chi connectivity index (χ2n) is 7.51. The summed E-state index contributed by atoms with van der Waals surface area (Å²) in [6.45, 7) is 5.22. The van der Waals surface area contributed by atoms with E-state index in [1.54, 1.807) is 32.9 Å². The average Bonchev–Trinajstić information content (AvgIpc) is 2.71. The highest BCUT2D eigenvalue weighted by atomic mass is 32.2. The minimum atomic E-state index is -1.03. The number of carbonyl (C=O) groups excluding carboxylic acids is 1. The Morgan fingerprint density at radius 1 is 1.07 bits per heavy atom. The van der Waals surface area contributed by atoms with E-state index in [1.807, 2.05) is 24.3 Å².